The van der Waals surface area contributed by atoms with Gasteiger partial charge in [0, 0.05) is 9.89 Å². The Morgan fingerprint density at radius 1 is 1.31 bits per heavy atom. The maximum absolute atomic E-state index is 5.56. The number of hydrogen-bond donors (Lipinski definition) is 0. The highest BCUT2D eigenvalue weighted by molar-refractivity contribution is 9.10. The van der Waals surface area contributed by atoms with Gasteiger partial charge in [-0.05, 0) is 17.7 Å². The fourth-order valence-electron chi connectivity index (χ4n) is 1.68. The molecule has 2 heteroatoms. The van der Waals surface area contributed by atoms with Crippen molar-refractivity contribution in [3.63, 3.8) is 0 Å². The van der Waals surface area contributed by atoms with Crippen molar-refractivity contribution in [3.05, 3.63) is 34.3 Å². The maximum atomic E-state index is 5.56. The lowest BCUT2D eigenvalue weighted by atomic mass is 9.79. The Balaban J connectivity index is 2.22. The van der Waals surface area contributed by atoms with Gasteiger partial charge in [0.05, 0.1) is 12.7 Å². The molecule has 70 valence electrons. The van der Waals surface area contributed by atoms with Crippen LogP contribution >= 0.6 is 15.9 Å². The van der Waals surface area contributed by atoms with E-state index in [9.17, 15) is 0 Å². The van der Waals surface area contributed by atoms with Crippen LogP contribution in [0.25, 0.3) is 0 Å². The monoisotopic (exact) mass is 240 g/mol. The first-order chi connectivity index (χ1) is 6.09. The van der Waals surface area contributed by atoms with Crippen LogP contribution in [0, 0.1) is 5.41 Å². The molecule has 0 aromatic heterocycles. The summed E-state index contributed by atoms with van der Waals surface area (Å²) in [5.74, 6) is 0. The van der Waals surface area contributed by atoms with Gasteiger partial charge in [-0.1, -0.05) is 41.9 Å². The van der Waals surface area contributed by atoms with Gasteiger partial charge >= 0.3 is 0 Å². The summed E-state index contributed by atoms with van der Waals surface area (Å²) in [7, 11) is 0. The van der Waals surface area contributed by atoms with Crippen molar-refractivity contribution >= 4 is 15.9 Å². The molecule has 0 saturated carbocycles. The van der Waals surface area contributed by atoms with Crippen molar-refractivity contribution in [2.24, 2.45) is 5.41 Å². The minimum Gasteiger partial charge on any atom is -0.372 e. The van der Waals surface area contributed by atoms with E-state index in [1.54, 1.807) is 0 Å². The number of halogens is 1. The predicted molar refractivity (Wildman–Crippen MR) is 56.6 cm³/mol. The minimum atomic E-state index is 0.278. The fraction of sp³-hybridized carbons (Fsp3) is 0.455. The van der Waals surface area contributed by atoms with Crippen molar-refractivity contribution in [1.82, 2.24) is 0 Å². The molecular formula is C11H13BrO. The summed E-state index contributed by atoms with van der Waals surface area (Å²) in [5.41, 5.74) is 1.58. The van der Waals surface area contributed by atoms with Gasteiger partial charge < -0.3 is 4.74 Å². The first kappa shape index (κ1) is 9.22. The van der Waals surface area contributed by atoms with Crippen LogP contribution in [-0.4, -0.2) is 6.61 Å². The van der Waals surface area contributed by atoms with Gasteiger partial charge in [-0.15, -0.1) is 0 Å². The highest BCUT2D eigenvalue weighted by Crippen LogP contribution is 2.45. The molecule has 1 atom stereocenters. The number of hydrogen-bond acceptors (Lipinski definition) is 1. The molecule has 1 aromatic rings. The Hall–Kier alpha value is -0.340. The van der Waals surface area contributed by atoms with Crippen LogP contribution in [-0.2, 0) is 4.74 Å². The van der Waals surface area contributed by atoms with Crippen LogP contribution < -0.4 is 0 Å². The van der Waals surface area contributed by atoms with Crippen LogP contribution in [0.1, 0.15) is 25.5 Å². The molecule has 1 fully saturated rings. The summed E-state index contributed by atoms with van der Waals surface area (Å²) in [6, 6.07) is 8.37. The van der Waals surface area contributed by atoms with Gasteiger partial charge in [0.15, 0.2) is 0 Å². The van der Waals surface area contributed by atoms with E-state index in [2.05, 4.69) is 54.0 Å². The van der Waals surface area contributed by atoms with E-state index in [1.807, 2.05) is 0 Å². The van der Waals surface area contributed by atoms with E-state index < -0.39 is 0 Å². The number of benzene rings is 1. The molecule has 0 radical (unpaired) electrons. The zero-order valence-electron chi connectivity index (χ0n) is 7.88. The minimum absolute atomic E-state index is 0.278. The lowest BCUT2D eigenvalue weighted by molar-refractivity contribution is -0.172. The van der Waals surface area contributed by atoms with E-state index >= 15 is 0 Å². The third-order valence-electron chi connectivity index (χ3n) is 2.50. The van der Waals surface area contributed by atoms with Crippen molar-refractivity contribution in [2.75, 3.05) is 6.61 Å². The molecule has 0 bridgehead atoms. The lowest BCUT2D eigenvalue weighted by Gasteiger charge is -2.44. The third kappa shape index (κ3) is 1.65. The van der Waals surface area contributed by atoms with E-state index in [4.69, 9.17) is 4.74 Å². The summed E-state index contributed by atoms with van der Waals surface area (Å²) >= 11 is 3.42. The molecule has 0 aliphatic carbocycles. The second kappa shape index (κ2) is 3.10. The van der Waals surface area contributed by atoms with Gasteiger partial charge in [0.1, 0.15) is 0 Å². The number of ether oxygens (including phenoxy) is 1. The summed E-state index contributed by atoms with van der Waals surface area (Å²) in [6.07, 6.45) is 0.278. The molecule has 1 heterocycles. The predicted octanol–water partition coefficient (Wildman–Crippen LogP) is 3.55. The van der Waals surface area contributed by atoms with Crippen molar-refractivity contribution in [2.45, 2.75) is 20.0 Å². The van der Waals surface area contributed by atoms with Crippen molar-refractivity contribution in [3.8, 4) is 0 Å². The molecule has 1 nitrogen and oxygen atoms in total. The zero-order chi connectivity index (χ0) is 9.47. The molecule has 13 heavy (non-hydrogen) atoms. The highest BCUT2D eigenvalue weighted by Gasteiger charge is 2.40. The molecule has 1 unspecified atom stereocenters. The topological polar surface area (TPSA) is 9.23 Å². The standard InChI is InChI=1S/C11H13BrO/c1-11(2)7-13-10(11)8-3-5-9(12)6-4-8/h3-6,10H,7H2,1-2H3. The third-order valence-corrected chi connectivity index (χ3v) is 3.03. The van der Waals surface area contributed by atoms with Gasteiger partial charge in [-0.25, -0.2) is 0 Å². The second-order valence-electron chi connectivity index (χ2n) is 4.23. The molecule has 1 aliphatic rings. The summed E-state index contributed by atoms with van der Waals surface area (Å²) in [6.45, 7) is 5.35. The zero-order valence-corrected chi connectivity index (χ0v) is 9.47. The second-order valence-corrected chi connectivity index (χ2v) is 5.15. The van der Waals surface area contributed by atoms with E-state index in [-0.39, 0.29) is 6.10 Å². The van der Waals surface area contributed by atoms with Crippen molar-refractivity contribution in [1.29, 1.82) is 0 Å². The van der Waals surface area contributed by atoms with Crippen molar-refractivity contribution < 1.29 is 4.74 Å². The summed E-state index contributed by atoms with van der Waals surface area (Å²) < 4.78 is 6.68. The average Bonchev–Trinajstić information content (AvgIpc) is 2.07. The van der Waals surface area contributed by atoms with E-state index in [0.717, 1.165) is 11.1 Å². The SMILES string of the molecule is CC1(C)COC1c1ccc(Br)cc1. The van der Waals surface area contributed by atoms with E-state index in [1.165, 1.54) is 5.56 Å². The lowest BCUT2D eigenvalue weighted by Crippen LogP contribution is -2.40. The van der Waals surface area contributed by atoms with E-state index in [0.29, 0.717) is 5.41 Å². The smallest absolute Gasteiger partial charge is 0.0898 e. The Kier molecular flexibility index (Phi) is 2.20. The molecule has 1 aliphatic heterocycles. The number of rotatable bonds is 1. The Morgan fingerprint density at radius 2 is 1.92 bits per heavy atom. The molecule has 2 rings (SSSR count). The quantitative estimate of drug-likeness (QED) is 0.730. The van der Waals surface area contributed by atoms with Gasteiger partial charge in [-0.3, -0.25) is 0 Å². The maximum Gasteiger partial charge on any atom is 0.0898 e. The molecule has 1 aromatic carbocycles. The average molecular weight is 241 g/mol. The van der Waals surface area contributed by atoms with Crippen LogP contribution in [0.5, 0.6) is 0 Å². The van der Waals surface area contributed by atoms with Crippen LogP contribution in [0.3, 0.4) is 0 Å². The fourth-order valence-corrected chi connectivity index (χ4v) is 1.95. The molecular weight excluding hydrogens is 228 g/mol. The molecule has 0 spiro atoms. The van der Waals surface area contributed by atoms with Crippen LogP contribution in [0.4, 0.5) is 0 Å². The summed E-state index contributed by atoms with van der Waals surface area (Å²) in [4.78, 5) is 0. The van der Waals surface area contributed by atoms with Gasteiger partial charge in [0.25, 0.3) is 0 Å². The Morgan fingerprint density at radius 3 is 2.31 bits per heavy atom. The molecule has 0 amide bonds. The summed E-state index contributed by atoms with van der Waals surface area (Å²) in [5, 5.41) is 0. The molecule has 0 N–H and O–H groups in total. The van der Waals surface area contributed by atoms with Gasteiger partial charge in [0.2, 0.25) is 0 Å². The van der Waals surface area contributed by atoms with Gasteiger partial charge in [-0.2, -0.15) is 0 Å². The first-order valence-electron chi connectivity index (χ1n) is 4.47. The first-order valence-corrected chi connectivity index (χ1v) is 5.26. The van der Waals surface area contributed by atoms with Crippen LogP contribution in [0.2, 0.25) is 0 Å². The van der Waals surface area contributed by atoms with Crippen LogP contribution in [0.15, 0.2) is 28.7 Å². The largest absolute Gasteiger partial charge is 0.372 e. The highest BCUT2D eigenvalue weighted by atomic mass is 79.9. The normalized spacial score (nSPS) is 25.3. The Labute approximate surface area is 87.2 Å². The molecule has 1 saturated heterocycles. The Bertz CT molecular complexity index is 302.